The molecule has 6 nitrogen and oxygen atoms in total. The Morgan fingerprint density at radius 3 is 2.60 bits per heavy atom. The minimum atomic E-state index is -0.376. The van der Waals surface area contributed by atoms with E-state index in [0.29, 0.717) is 12.0 Å². The van der Waals surface area contributed by atoms with Gasteiger partial charge in [0, 0.05) is 23.8 Å². The zero-order valence-electron chi connectivity index (χ0n) is 18.0. The summed E-state index contributed by atoms with van der Waals surface area (Å²) in [7, 11) is 0. The lowest BCUT2D eigenvalue weighted by atomic mass is 9.78. The van der Waals surface area contributed by atoms with E-state index in [9.17, 15) is 9.59 Å². The van der Waals surface area contributed by atoms with Crippen molar-refractivity contribution in [2.24, 2.45) is 5.92 Å². The molecule has 0 spiro atoms. The van der Waals surface area contributed by atoms with E-state index in [1.165, 1.54) is 25.7 Å². The highest BCUT2D eigenvalue weighted by molar-refractivity contribution is 5.82. The van der Waals surface area contributed by atoms with Gasteiger partial charge in [0.1, 0.15) is 0 Å². The van der Waals surface area contributed by atoms with E-state index in [1.807, 2.05) is 53.8 Å². The van der Waals surface area contributed by atoms with Crippen molar-refractivity contribution in [1.82, 2.24) is 14.7 Å². The first-order valence-corrected chi connectivity index (χ1v) is 11.1. The molecule has 2 fully saturated rings. The maximum Gasteiger partial charge on any atom is 0.310 e. The number of rotatable bonds is 5. The molecule has 6 heteroatoms. The quantitative estimate of drug-likeness (QED) is 0.706. The Labute approximate surface area is 178 Å². The number of hydrogen-bond acceptors (Lipinski definition) is 4. The van der Waals surface area contributed by atoms with E-state index in [0.717, 1.165) is 42.0 Å². The summed E-state index contributed by atoms with van der Waals surface area (Å²) in [4.78, 5) is 27.2. The summed E-state index contributed by atoms with van der Waals surface area (Å²) in [6.07, 6.45) is 7.17. The highest BCUT2D eigenvalue weighted by Crippen LogP contribution is 2.35. The number of aryl methyl sites for hydroxylation is 1. The number of hydrogen-bond donors (Lipinski definition) is 0. The summed E-state index contributed by atoms with van der Waals surface area (Å²) in [6.45, 7) is 4.49. The zero-order valence-corrected chi connectivity index (χ0v) is 18.0. The number of piperidine rings is 1. The minimum absolute atomic E-state index is 0.0478. The minimum Gasteiger partial charge on any atom is -0.455 e. The lowest BCUT2D eigenvalue weighted by Crippen LogP contribution is -2.50. The average Bonchev–Trinajstić information content (AvgIpc) is 3.06. The molecule has 1 amide bonds. The monoisotopic (exact) mass is 409 g/mol. The van der Waals surface area contributed by atoms with Crippen molar-refractivity contribution >= 4 is 11.9 Å². The summed E-state index contributed by atoms with van der Waals surface area (Å²) in [5.74, 6) is 0.203. The van der Waals surface area contributed by atoms with Gasteiger partial charge in [0.25, 0.3) is 5.91 Å². The SMILES string of the molecule is Cc1nn(-c2ccccc2)c(C)c1CC(=O)OCC(=O)N1CCC[C@@H]2CCCC[C@@H]21. The molecule has 2 aromatic rings. The molecular weight excluding hydrogens is 378 g/mol. The molecule has 1 aromatic heterocycles. The lowest BCUT2D eigenvalue weighted by Gasteiger charge is -2.44. The van der Waals surface area contributed by atoms with Crippen LogP contribution in [-0.4, -0.2) is 45.8 Å². The van der Waals surface area contributed by atoms with Crippen LogP contribution in [0.15, 0.2) is 30.3 Å². The summed E-state index contributed by atoms with van der Waals surface area (Å²) in [5.41, 5.74) is 3.55. The van der Waals surface area contributed by atoms with Crippen LogP contribution >= 0.6 is 0 Å². The predicted octanol–water partition coefficient (Wildman–Crippen LogP) is 3.76. The summed E-state index contributed by atoms with van der Waals surface area (Å²) in [5, 5.41) is 4.58. The van der Waals surface area contributed by atoms with E-state index in [4.69, 9.17) is 4.74 Å². The fourth-order valence-corrected chi connectivity index (χ4v) is 5.11. The first kappa shape index (κ1) is 20.6. The van der Waals surface area contributed by atoms with Gasteiger partial charge in [-0.25, -0.2) is 4.68 Å². The van der Waals surface area contributed by atoms with Crippen LogP contribution in [0.5, 0.6) is 0 Å². The first-order valence-electron chi connectivity index (χ1n) is 11.1. The third-order valence-electron chi connectivity index (χ3n) is 6.68. The smallest absolute Gasteiger partial charge is 0.310 e. The Morgan fingerprint density at radius 1 is 1.07 bits per heavy atom. The highest BCUT2D eigenvalue weighted by atomic mass is 16.5. The third-order valence-corrected chi connectivity index (χ3v) is 6.68. The molecule has 30 heavy (non-hydrogen) atoms. The average molecular weight is 410 g/mol. The molecule has 0 radical (unpaired) electrons. The van der Waals surface area contributed by atoms with E-state index < -0.39 is 0 Å². The van der Waals surface area contributed by atoms with Crippen LogP contribution in [0, 0.1) is 19.8 Å². The number of aromatic nitrogens is 2. The van der Waals surface area contributed by atoms with Crippen LogP contribution < -0.4 is 0 Å². The topological polar surface area (TPSA) is 64.4 Å². The number of nitrogens with zero attached hydrogens (tertiary/aromatic N) is 3. The van der Waals surface area contributed by atoms with Crippen molar-refractivity contribution in [2.75, 3.05) is 13.2 Å². The van der Waals surface area contributed by atoms with Gasteiger partial charge in [-0.2, -0.15) is 5.10 Å². The fraction of sp³-hybridized carbons (Fsp3) is 0.542. The number of likely N-dealkylation sites (tertiary alicyclic amines) is 1. The van der Waals surface area contributed by atoms with Gasteiger partial charge < -0.3 is 9.64 Å². The van der Waals surface area contributed by atoms with Gasteiger partial charge in [-0.15, -0.1) is 0 Å². The maximum atomic E-state index is 12.8. The van der Waals surface area contributed by atoms with E-state index in [1.54, 1.807) is 0 Å². The number of amides is 1. The van der Waals surface area contributed by atoms with Gasteiger partial charge in [0.2, 0.25) is 0 Å². The number of fused-ring (bicyclic) bond motifs is 1. The second-order valence-corrected chi connectivity index (χ2v) is 8.58. The van der Waals surface area contributed by atoms with Crippen LogP contribution in [0.1, 0.15) is 55.5 Å². The molecule has 1 aromatic carbocycles. The van der Waals surface area contributed by atoms with Gasteiger partial charge in [0.15, 0.2) is 6.61 Å². The molecule has 1 aliphatic carbocycles. The van der Waals surface area contributed by atoms with Gasteiger partial charge in [-0.1, -0.05) is 31.0 Å². The van der Waals surface area contributed by atoms with Crippen LogP contribution in [0.25, 0.3) is 5.69 Å². The zero-order chi connectivity index (χ0) is 21.1. The molecule has 2 atom stereocenters. The Bertz CT molecular complexity index is 904. The Kier molecular flexibility index (Phi) is 6.21. The summed E-state index contributed by atoms with van der Waals surface area (Å²) < 4.78 is 7.25. The van der Waals surface area contributed by atoms with Gasteiger partial charge in [-0.3, -0.25) is 9.59 Å². The highest BCUT2D eigenvalue weighted by Gasteiger charge is 2.35. The number of benzene rings is 1. The molecular formula is C24H31N3O3. The Morgan fingerprint density at radius 2 is 1.80 bits per heavy atom. The van der Waals surface area contributed by atoms with Crippen LogP contribution in [0.3, 0.4) is 0 Å². The maximum absolute atomic E-state index is 12.8. The molecule has 2 aliphatic rings. The third kappa shape index (κ3) is 4.27. The largest absolute Gasteiger partial charge is 0.455 e. The Hall–Kier alpha value is -2.63. The van der Waals surface area contributed by atoms with Crippen molar-refractivity contribution in [2.45, 2.75) is 64.8 Å². The second-order valence-electron chi connectivity index (χ2n) is 8.58. The van der Waals surface area contributed by atoms with Crippen molar-refractivity contribution in [3.05, 3.63) is 47.3 Å². The molecule has 0 unspecified atom stereocenters. The molecule has 1 saturated carbocycles. The number of carbonyl (C=O) groups excluding carboxylic acids is 2. The molecule has 1 aliphatic heterocycles. The lowest BCUT2D eigenvalue weighted by molar-refractivity contribution is -0.154. The summed E-state index contributed by atoms with van der Waals surface area (Å²) >= 11 is 0. The van der Waals surface area contributed by atoms with Crippen molar-refractivity contribution < 1.29 is 14.3 Å². The van der Waals surface area contributed by atoms with E-state index in [-0.39, 0.29) is 24.9 Å². The van der Waals surface area contributed by atoms with E-state index >= 15 is 0 Å². The van der Waals surface area contributed by atoms with Crippen LogP contribution in [-0.2, 0) is 20.7 Å². The van der Waals surface area contributed by atoms with E-state index in [2.05, 4.69) is 5.10 Å². The van der Waals surface area contributed by atoms with Crippen LogP contribution in [0.4, 0.5) is 0 Å². The summed E-state index contributed by atoms with van der Waals surface area (Å²) in [6, 6.07) is 10.2. The van der Waals surface area contributed by atoms with Crippen molar-refractivity contribution in [1.29, 1.82) is 0 Å². The molecule has 1 saturated heterocycles. The second kappa shape index (κ2) is 9.02. The molecule has 0 bridgehead atoms. The Balaban J connectivity index is 1.36. The normalized spacial score (nSPS) is 21.2. The van der Waals surface area contributed by atoms with Gasteiger partial charge in [-0.05, 0) is 57.6 Å². The number of para-hydroxylation sites is 1. The van der Waals surface area contributed by atoms with Crippen molar-refractivity contribution in [3.63, 3.8) is 0 Å². The van der Waals surface area contributed by atoms with Crippen LogP contribution in [0.2, 0.25) is 0 Å². The first-order chi connectivity index (χ1) is 14.5. The van der Waals surface area contributed by atoms with Crippen molar-refractivity contribution in [3.8, 4) is 5.69 Å². The molecule has 0 N–H and O–H groups in total. The standard InChI is InChI=1S/C24H31N3O3/c1-17-21(18(2)27(25-17)20-11-4-3-5-12-20)15-24(29)30-16-23(28)26-14-8-10-19-9-6-7-13-22(19)26/h3-5,11-12,19,22H,6-10,13-16H2,1-2H3/t19-,22-/m0/s1. The van der Waals surface area contributed by atoms with Gasteiger partial charge >= 0.3 is 5.97 Å². The van der Waals surface area contributed by atoms with Gasteiger partial charge in [0.05, 0.1) is 17.8 Å². The number of carbonyl (C=O) groups is 2. The number of esters is 1. The molecule has 160 valence electrons. The molecule has 2 heterocycles. The predicted molar refractivity (Wildman–Crippen MR) is 114 cm³/mol. The number of ether oxygens (including phenoxy) is 1. The molecule has 4 rings (SSSR count). The fourth-order valence-electron chi connectivity index (χ4n) is 5.11.